The van der Waals surface area contributed by atoms with Gasteiger partial charge in [0.25, 0.3) is 0 Å². The lowest BCUT2D eigenvalue weighted by molar-refractivity contribution is 1.72. The number of halogens is 2. The van der Waals surface area contributed by atoms with E-state index in [-0.39, 0.29) is 0 Å². The Hall–Kier alpha value is 0.670. The van der Waals surface area contributed by atoms with Crippen molar-refractivity contribution in [1.29, 1.82) is 0 Å². The molecular weight excluding hydrogens is 318 g/mol. The van der Waals surface area contributed by atoms with Gasteiger partial charge in [0.2, 0.25) is 0 Å². The smallest absolute Gasteiger partial charge is 0.130 e. The minimum Gasteiger partial charge on any atom is -0.383 e. The predicted octanol–water partition coefficient (Wildman–Crippen LogP) is 1.64. The zero-order valence-corrected chi connectivity index (χ0v) is 7.75. The molecule has 0 spiro atoms. The van der Waals surface area contributed by atoms with Gasteiger partial charge in [0.1, 0.15) is 5.84 Å². The van der Waals surface area contributed by atoms with Crippen LogP contribution in [0.5, 0.6) is 0 Å². The van der Waals surface area contributed by atoms with E-state index in [1.54, 1.807) is 6.08 Å². The third-order valence-corrected chi connectivity index (χ3v) is 1.25. The molecule has 0 bridgehead atoms. The SMILES string of the molecule is NC(/C=C\I)=N/I. The molecule has 7 heavy (non-hydrogen) atoms. The molecule has 40 valence electrons. The van der Waals surface area contributed by atoms with Crippen molar-refractivity contribution in [3.63, 3.8) is 0 Å². The molecule has 0 atom stereocenters. The van der Waals surface area contributed by atoms with Crippen molar-refractivity contribution in [1.82, 2.24) is 0 Å². The highest BCUT2D eigenvalue weighted by Crippen LogP contribution is 1.87. The van der Waals surface area contributed by atoms with Gasteiger partial charge in [0.05, 0.1) is 22.9 Å². The van der Waals surface area contributed by atoms with E-state index in [9.17, 15) is 0 Å². The summed E-state index contributed by atoms with van der Waals surface area (Å²) in [6, 6.07) is 0. The van der Waals surface area contributed by atoms with Gasteiger partial charge >= 0.3 is 0 Å². The summed E-state index contributed by atoms with van der Waals surface area (Å²) in [5.41, 5.74) is 5.23. The largest absolute Gasteiger partial charge is 0.383 e. The maximum absolute atomic E-state index is 5.23. The van der Waals surface area contributed by atoms with Gasteiger partial charge in [-0.25, -0.2) is 0 Å². The van der Waals surface area contributed by atoms with Crippen LogP contribution in [-0.4, -0.2) is 5.84 Å². The summed E-state index contributed by atoms with van der Waals surface area (Å²) in [5, 5.41) is 0. The van der Waals surface area contributed by atoms with Gasteiger partial charge in [-0.2, -0.15) is 3.21 Å². The third kappa shape index (κ3) is 4.52. The second-order valence-corrected chi connectivity index (χ2v) is 2.00. The molecule has 0 saturated heterocycles. The molecule has 0 aliphatic rings. The Morgan fingerprint density at radius 1 is 1.71 bits per heavy atom. The van der Waals surface area contributed by atoms with E-state index in [1.165, 1.54) is 0 Å². The highest BCUT2D eigenvalue weighted by atomic mass is 127. The highest BCUT2D eigenvalue weighted by Gasteiger charge is 1.74. The topological polar surface area (TPSA) is 38.4 Å². The molecule has 0 aromatic heterocycles. The molecule has 2 N–H and O–H groups in total. The van der Waals surface area contributed by atoms with E-state index in [4.69, 9.17) is 5.73 Å². The molecule has 0 amide bonds. The molecule has 0 aliphatic heterocycles. The van der Waals surface area contributed by atoms with E-state index in [0.717, 1.165) is 0 Å². The lowest BCUT2D eigenvalue weighted by atomic mass is 10.6. The summed E-state index contributed by atoms with van der Waals surface area (Å²) >= 11 is 3.93. The number of amidine groups is 1. The van der Waals surface area contributed by atoms with Crippen molar-refractivity contribution in [3.8, 4) is 0 Å². The van der Waals surface area contributed by atoms with E-state index in [1.807, 2.05) is 26.9 Å². The Labute approximate surface area is 69.9 Å². The average Bonchev–Trinajstić information content (AvgIpc) is 1.68. The van der Waals surface area contributed by atoms with Crippen LogP contribution in [0.2, 0.25) is 0 Å². The zero-order chi connectivity index (χ0) is 5.70. The van der Waals surface area contributed by atoms with Crippen LogP contribution in [-0.2, 0) is 0 Å². The van der Waals surface area contributed by atoms with Crippen LogP contribution >= 0.6 is 45.5 Å². The van der Waals surface area contributed by atoms with Crippen LogP contribution in [0.1, 0.15) is 0 Å². The van der Waals surface area contributed by atoms with Crippen molar-refractivity contribution in [3.05, 3.63) is 10.2 Å². The molecule has 4 heteroatoms. The Morgan fingerprint density at radius 2 is 2.29 bits per heavy atom. The second-order valence-electron chi connectivity index (χ2n) is 0.802. The van der Waals surface area contributed by atoms with Crippen LogP contribution in [0.25, 0.3) is 0 Å². The standard InChI is InChI=1S/C3H4I2N2/c4-2-1-3(6)7-5/h1-2H,(H2,6,7)/b2-1-. The first kappa shape index (κ1) is 7.67. The van der Waals surface area contributed by atoms with Crippen LogP contribution < -0.4 is 5.73 Å². The first-order valence-electron chi connectivity index (χ1n) is 1.52. The fourth-order valence-corrected chi connectivity index (χ4v) is 0.622. The van der Waals surface area contributed by atoms with Crippen LogP contribution in [0.15, 0.2) is 13.4 Å². The molecule has 2 nitrogen and oxygen atoms in total. The van der Waals surface area contributed by atoms with E-state index >= 15 is 0 Å². The fraction of sp³-hybridized carbons (Fsp3) is 0. The van der Waals surface area contributed by atoms with Gasteiger partial charge in [-0.15, -0.1) is 0 Å². The van der Waals surface area contributed by atoms with E-state index in [0.29, 0.717) is 5.84 Å². The summed E-state index contributed by atoms with van der Waals surface area (Å²) < 4.78 is 5.47. The van der Waals surface area contributed by atoms with Gasteiger partial charge in [0.15, 0.2) is 0 Å². The van der Waals surface area contributed by atoms with Gasteiger partial charge in [-0.1, -0.05) is 22.6 Å². The predicted molar refractivity (Wildman–Crippen MR) is 48.8 cm³/mol. The number of hydrogen-bond acceptors (Lipinski definition) is 1. The number of hydrogen-bond donors (Lipinski definition) is 1. The summed E-state index contributed by atoms with van der Waals surface area (Å²) in [6.45, 7) is 0. The van der Waals surface area contributed by atoms with Crippen LogP contribution in [0.3, 0.4) is 0 Å². The first-order chi connectivity index (χ1) is 3.31. The summed E-state index contributed by atoms with van der Waals surface area (Å²) in [6.07, 6.45) is 1.73. The molecule has 0 fully saturated rings. The maximum Gasteiger partial charge on any atom is 0.130 e. The minimum atomic E-state index is 0.551. The molecule has 0 aromatic rings. The molecule has 0 radical (unpaired) electrons. The van der Waals surface area contributed by atoms with E-state index < -0.39 is 0 Å². The third-order valence-electron chi connectivity index (χ3n) is 0.331. The molecule has 0 saturated carbocycles. The van der Waals surface area contributed by atoms with Crippen molar-refractivity contribution < 1.29 is 0 Å². The van der Waals surface area contributed by atoms with Crippen LogP contribution in [0, 0.1) is 0 Å². The minimum absolute atomic E-state index is 0.551. The summed E-state index contributed by atoms with van der Waals surface area (Å²) in [7, 11) is 0. The number of nitrogens with two attached hydrogens (primary N) is 1. The molecular formula is C3H4I2N2. The Morgan fingerprint density at radius 3 is 2.43 bits per heavy atom. The van der Waals surface area contributed by atoms with Crippen molar-refractivity contribution in [2.24, 2.45) is 8.94 Å². The Kier molecular flexibility index (Phi) is 5.28. The van der Waals surface area contributed by atoms with Crippen molar-refractivity contribution >= 4 is 51.3 Å². The molecule has 0 aliphatic carbocycles. The molecule has 0 unspecified atom stereocenters. The first-order valence-corrected chi connectivity index (χ1v) is 3.73. The average molecular weight is 322 g/mol. The van der Waals surface area contributed by atoms with Gasteiger partial charge in [-0.05, 0) is 10.2 Å². The quantitative estimate of drug-likeness (QED) is 0.445. The maximum atomic E-state index is 5.23. The van der Waals surface area contributed by atoms with E-state index in [2.05, 4.69) is 25.8 Å². The summed E-state index contributed by atoms with van der Waals surface area (Å²) in [4.78, 5) is 0. The zero-order valence-electron chi connectivity index (χ0n) is 3.44. The van der Waals surface area contributed by atoms with Gasteiger partial charge in [0, 0.05) is 0 Å². The lowest BCUT2D eigenvalue weighted by Gasteiger charge is -1.79. The second kappa shape index (κ2) is 4.82. The molecule has 0 aromatic carbocycles. The lowest BCUT2D eigenvalue weighted by Crippen LogP contribution is -2.04. The monoisotopic (exact) mass is 322 g/mol. The Bertz CT molecular complexity index is 97.1. The number of rotatable bonds is 1. The van der Waals surface area contributed by atoms with Crippen molar-refractivity contribution in [2.45, 2.75) is 0 Å². The Balaban J connectivity index is 3.58. The van der Waals surface area contributed by atoms with Gasteiger partial charge < -0.3 is 5.73 Å². The van der Waals surface area contributed by atoms with Crippen molar-refractivity contribution in [2.75, 3.05) is 0 Å². The van der Waals surface area contributed by atoms with Crippen LogP contribution in [0.4, 0.5) is 0 Å². The molecule has 0 rings (SSSR count). The van der Waals surface area contributed by atoms with Gasteiger partial charge in [-0.3, -0.25) is 0 Å². The summed E-state index contributed by atoms with van der Waals surface area (Å²) in [5.74, 6) is 0.551. The highest BCUT2D eigenvalue weighted by molar-refractivity contribution is 14.1. The normalized spacial score (nSPS) is 13.1. The molecule has 0 heterocycles. The fourth-order valence-electron chi connectivity index (χ4n) is 0.0927. The number of nitrogens with zero attached hydrogens (tertiary/aromatic N) is 1.